The molecule has 6 nitrogen and oxygen atoms in total. The number of amides is 2. The Balaban J connectivity index is 1.34. The third-order valence-electron chi connectivity index (χ3n) is 4.93. The highest BCUT2D eigenvalue weighted by Gasteiger charge is 2.22. The van der Waals surface area contributed by atoms with Crippen LogP contribution in [0.2, 0.25) is 0 Å². The highest BCUT2D eigenvalue weighted by molar-refractivity contribution is 5.89. The molecule has 0 atom stereocenters. The topological polar surface area (TPSA) is 53.4 Å². The number of nitrogens with zero attached hydrogens (tertiary/aromatic N) is 4. The lowest BCUT2D eigenvalue weighted by molar-refractivity contribution is 0.140. The number of urea groups is 1. The summed E-state index contributed by atoms with van der Waals surface area (Å²) in [4.78, 5) is 21.4. The minimum absolute atomic E-state index is 0.0291. The Bertz CT molecular complexity index is 897. The molecule has 1 aliphatic rings. The second-order valence-electron chi connectivity index (χ2n) is 6.64. The number of benzene rings is 2. The van der Waals surface area contributed by atoms with Gasteiger partial charge in [0.2, 0.25) is 0 Å². The van der Waals surface area contributed by atoms with Crippen molar-refractivity contribution in [2.75, 3.05) is 31.5 Å². The van der Waals surface area contributed by atoms with E-state index in [1.54, 1.807) is 0 Å². The fraction of sp³-hybridized carbons (Fsp3) is 0.300. The number of carbonyl (C=O) groups excluding carboxylic acids is 1. The van der Waals surface area contributed by atoms with Gasteiger partial charge in [0, 0.05) is 38.9 Å². The molecule has 3 aromatic rings. The van der Waals surface area contributed by atoms with Gasteiger partial charge in [0.15, 0.2) is 0 Å². The number of carbonyl (C=O) groups is 1. The molecule has 1 aliphatic heterocycles. The molecule has 2 heterocycles. The number of hydrogen-bond donors (Lipinski definition) is 1. The summed E-state index contributed by atoms with van der Waals surface area (Å²) < 4.78 is 2.16. The minimum atomic E-state index is -0.0291. The van der Waals surface area contributed by atoms with Crippen LogP contribution in [0.25, 0.3) is 11.0 Å². The van der Waals surface area contributed by atoms with Crippen molar-refractivity contribution >= 4 is 22.8 Å². The standard InChI is InChI=1S/C20H23N5O/c1-23-18-10-6-5-9-17(18)22-19(23)15-24-11-13-25(14-12-24)20(26)21-16-7-3-2-4-8-16/h2-10H,11-15H2,1H3,(H,21,26). The molecule has 26 heavy (non-hydrogen) atoms. The zero-order chi connectivity index (χ0) is 17.9. The van der Waals surface area contributed by atoms with E-state index in [1.807, 2.05) is 53.4 Å². The molecule has 0 unspecified atom stereocenters. The molecule has 1 fully saturated rings. The van der Waals surface area contributed by atoms with Crippen molar-refractivity contribution in [2.24, 2.45) is 7.05 Å². The SMILES string of the molecule is Cn1c(CN2CCN(C(=O)Nc3ccccc3)CC2)nc2ccccc21. The van der Waals surface area contributed by atoms with Crippen molar-refractivity contribution in [1.29, 1.82) is 0 Å². The second kappa shape index (κ2) is 7.17. The van der Waals surface area contributed by atoms with Crippen molar-refractivity contribution in [3.8, 4) is 0 Å². The number of piperazine rings is 1. The largest absolute Gasteiger partial charge is 0.330 e. The number of para-hydroxylation sites is 3. The molecule has 4 rings (SSSR count). The molecule has 0 radical (unpaired) electrons. The summed E-state index contributed by atoms with van der Waals surface area (Å²) in [5, 5.41) is 2.96. The monoisotopic (exact) mass is 349 g/mol. The third-order valence-corrected chi connectivity index (χ3v) is 4.93. The van der Waals surface area contributed by atoms with E-state index in [0.717, 1.165) is 55.3 Å². The van der Waals surface area contributed by atoms with Gasteiger partial charge in [-0.25, -0.2) is 9.78 Å². The number of aromatic nitrogens is 2. The van der Waals surface area contributed by atoms with E-state index >= 15 is 0 Å². The summed E-state index contributed by atoms with van der Waals surface area (Å²) in [6, 6.07) is 17.8. The zero-order valence-corrected chi connectivity index (χ0v) is 14.9. The molecule has 1 N–H and O–H groups in total. The number of rotatable bonds is 3. The molecule has 0 spiro atoms. The number of anilines is 1. The molecule has 1 saturated heterocycles. The second-order valence-corrected chi connectivity index (χ2v) is 6.64. The molecular formula is C20H23N5O. The summed E-state index contributed by atoms with van der Waals surface area (Å²) >= 11 is 0. The van der Waals surface area contributed by atoms with Crippen LogP contribution in [0.3, 0.4) is 0 Å². The van der Waals surface area contributed by atoms with Gasteiger partial charge >= 0.3 is 6.03 Å². The Morgan fingerprint density at radius 2 is 1.69 bits per heavy atom. The Kier molecular flexibility index (Phi) is 4.58. The number of imidazole rings is 1. The van der Waals surface area contributed by atoms with Crippen LogP contribution in [0.5, 0.6) is 0 Å². The predicted molar refractivity (Wildman–Crippen MR) is 103 cm³/mol. The highest BCUT2D eigenvalue weighted by atomic mass is 16.2. The lowest BCUT2D eigenvalue weighted by Gasteiger charge is -2.34. The number of nitrogens with one attached hydrogen (secondary N) is 1. The van der Waals surface area contributed by atoms with Crippen LogP contribution in [0.4, 0.5) is 10.5 Å². The number of hydrogen-bond acceptors (Lipinski definition) is 3. The van der Waals surface area contributed by atoms with Gasteiger partial charge in [-0.15, -0.1) is 0 Å². The van der Waals surface area contributed by atoms with E-state index in [-0.39, 0.29) is 6.03 Å². The van der Waals surface area contributed by atoms with Crippen LogP contribution >= 0.6 is 0 Å². The number of fused-ring (bicyclic) bond motifs is 1. The molecule has 2 aromatic carbocycles. The molecule has 0 bridgehead atoms. The summed E-state index contributed by atoms with van der Waals surface area (Å²) in [6.07, 6.45) is 0. The van der Waals surface area contributed by atoms with E-state index in [2.05, 4.69) is 27.9 Å². The van der Waals surface area contributed by atoms with E-state index in [1.165, 1.54) is 0 Å². The van der Waals surface area contributed by atoms with Crippen LogP contribution < -0.4 is 5.32 Å². The average Bonchev–Trinajstić information content (AvgIpc) is 2.99. The molecule has 6 heteroatoms. The maximum Gasteiger partial charge on any atom is 0.321 e. The first kappa shape index (κ1) is 16.6. The quantitative estimate of drug-likeness (QED) is 0.791. The summed E-state index contributed by atoms with van der Waals surface area (Å²) in [7, 11) is 2.06. The van der Waals surface area contributed by atoms with Crippen molar-refractivity contribution in [2.45, 2.75) is 6.54 Å². The molecular weight excluding hydrogens is 326 g/mol. The number of aryl methyl sites for hydroxylation is 1. The maximum absolute atomic E-state index is 12.4. The third kappa shape index (κ3) is 3.41. The predicted octanol–water partition coefficient (Wildman–Crippen LogP) is 2.92. The lowest BCUT2D eigenvalue weighted by Crippen LogP contribution is -2.49. The zero-order valence-electron chi connectivity index (χ0n) is 14.9. The van der Waals surface area contributed by atoms with Crippen LogP contribution in [-0.4, -0.2) is 51.6 Å². The average molecular weight is 349 g/mol. The Morgan fingerprint density at radius 1 is 1.00 bits per heavy atom. The van der Waals surface area contributed by atoms with E-state index < -0.39 is 0 Å². The lowest BCUT2D eigenvalue weighted by atomic mass is 10.3. The van der Waals surface area contributed by atoms with E-state index in [0.29, 0.717) is 0 Å². The molecule has 0 aliphatic carbocycles. The smallest absolute Gasteiger partial charge is 0.321 e. The normalized spacial score (nSPS) is 15.3. The Labute approximate surface area is 153 Å². The van der Waals surface area contributed by atoms with Crippen molar-refractivity contribution in [3.05, 3.63) is 60.4 Å². The highest BCUT2D eigenvalue weighted by Crippen LogP contribution is 2.16. The van der Waals surface area contributed by atoms with Gasteiger partial charge in [-0.05, 0) is 24.3 Å². The van der Waals surface area contributed by atoms with Gasteiger partial charge in [0.1, 0.15) is 5.82 Å². The Hall–Kier alpha value is -2.86. The summed E-state index contributed by atoms with van der Waals surface area (Å²) in [6.45, 7) is 3.96. The van der Waals surface area contributed by atoms with Crippen LogP contribution in [0.1, 0.15) is 5.82 Å². The summed E-state index contributed by atoms with van der Waals surface area (Å²) in [5.74, 6) is 1.06. The molecule has 0 saturated carbocycles. The van der Waals surface area contributed by atoms with Gasteiger partial charge in [-0.1, -0.05) is 30.3 Å². The van der Waals surface area contributed by atoms with Crippen LogP contribution in [-0.2, 0) is 13.6 Å². The first-order valence-electron chi connectivity index (χ1n) is 8.94. The van der Waals surface area contributed by atoms with Crippen molar-refractivity contribution in [3.63, 3.8) is 0 Å². The van der Waals surface area contributed by atoms with Crippen LogP contribution in [0, 0.1) is 0 Å². The molecule has 2 amide bonds. The molecule has 134 valence electrons. The van der Waals surface area contributed by atoms with Gasteiger partial charge in [-0.3, -0.25) is 4.90 Å². The maximum atomic E-state index is 12.4. The fourth-order valence-corrected chi connectivity index (χ4v) is 3.37. The fourth-order valence-electron chi connectivity index (χ4n) is 3.37. The van der Waals surface area contributed by atoms with Gasteiger partial charge in [-0.2, -0.15) is 0 Å². The van der Waals surface area contributed by atoms with Gasteiger partial charge in [0.05, 0.1) is 17.6 Å². The molecule has 1 aromatic heterocycles. The van der Waals surface area contributed by atoms with E-state index in [9.17, 15) is 4.79 Å². The Morgan fingerprint density at radius 3 is 2.42 bits per heavy atom. The van der Waals surface area contributed by atoms with Crippen molar-refractivity contribution in [1.82, 2.24) is 19.4 Å². The van der Waals surface area contributed by atoms with Crippen molar-refractivity contribution < 1.29 is 4.79 Å². The first-order valence-corrected chi connectivity index (χ1v) is 8.94. The van der Waals surface area contributed by atoms with Crippen LogP contribution in [0.15, 0.2) is 54.6 Å². The summed E-state index contributed by atoms with van der Waals surface area (Å²) in [5.41, 5.74) is 3.02. The first-order chi connectivity index (χ1) is 12.7. The van der Waals surface area contributed by atoms with Gasteiger partial charge < -0.3 is 14.8 Å². The van der Waals surface area contributed by atoms with Gasteiger partial charge in [0.25, 0.3) is 0 Å². The van der Waals surface area contributed by atoms with E-state index in [4.69, 9.17) is 4.98 Å². The minimum Gasteiger partial charge on any atom is -0.330 e.